The van der Waals surface area contributed by atoms with Gasteiger partial charge in [0.05, 0.1) is 0 Å². The quantitative estimate of drug-likeness (QED) is 0.886. The van der Waals surface area contributed by atoms with Gasteiger partial charge in [0.25, 0.3) is 0 Å². The monoisotopic (exact) mass is 351 g/mol. The number of anilines is 1. The lowest BCUT2D eigenvalue weighted by Crippen LogP contribution is -2.50. The molecule has 6 nitrogen and oxygen atoms in total. The summed E-state index contributed by atoms with van der Waals surface area (Å²) in [6, 6.07) is 12.1. The Balaban J connectivity index is 1.88. The van der Waals surface area contributed by atoms with Gasteiger partial charge < -0.3 is 16.0 Å². The third-order valence-electron chi connectivity index (χ3n) is 4.74. The van der Waals surface area contributed by atoms with E-state index in [-0.39, 0.29) is 11.8 Å². The molecule has 0 spiro atoms. The minimum absolute atomic E-state index is 0.151. The maximum absolute atomic E-state index is 12.9. The van der Waals surface area contributed by atoms with Crippen LogP contribution in [0, 0.1) is 6.92 Å². The zero-order valence-electron chi connectivity index (χ0n) is 14.8. The van der Waals surface area contributed by atoms with Crippen LogP contribution in [0.15, 0.2) is 42.5 Å². The Morgan fingerprint density at radius 3 is 2.46 bits per heavy atom. The number of nitrogens with zero attached hydrogens (tertiary/aromatic N) is 1. The first kappa shape index (κ1) is 17.7. The van der Waals surface area contributed by atoms with Gasteiger partial charge in [-0.15, -0.1) is 0 Å². The topological polar surface area (TPSA) is 92.5 Å². The zero-order valence-corrected chi connectivity index (χ0v) is 14.8. The second kappa shape index (κ2) is 7.00. The second-order valence-electron chi connectivity index (χ2n) is 6.52. The maximum Gasteiger partial charge on any atom is 0.248 e. The molecule has 0 aromatic heterocycles. The standard InChI is InChI=1S/C20H21N3O3/c1-12-7-8-15(19(21)25)9-17(12)22-20(26)18-10-14-5-3-4-6-16(14)11-23(18)13(2)24/h3-9,18H,10-11H2,1-2H3,(H2,21,25)(H,22,26). The van der Waals surface area contributed by atoms with Crippen molar-refractivity contribution in [2.24, 2.45) is 5.73 Å². The molecule has 0 saturated carbocycles. The van der Waals surface area contributed by atoms with Crippen LogP contribution < -0.4 is 11.1 Å². The number of carbonyl (C=O) groups is 3. The highest BCUT2D eigenvalue weighted by Crippen LogP contribution is 2.25. The molecule has 26 heavy (non-hydrogen) atoms. The zero-order chi connectivity index (χ0) is 18.8. The molecule has 1 unspecified atom stereocenters. The normalized spacial score (nSPS) is 15.9. The second-order valence-corrected chi connectivity index (χ2v) is 6.52. The van der Waals surface area contributed by atoms with E-state index in [0.717, 1.165) is 16.7 Å². The molecular formula is C20H21N3O3. The summed E-state index contributed by atoms with van der Waals surface area (Å²) < 4.78 is 0. The van der Waals surface area contributed by atoms with Crippen molar-refractivity contribution in [2.75, 3.05) is 5.32 Å². The van der Waals surface area contributed by atoms with Crippen molar-refractivity contribution in [2.45, 2.75) is 32.9 Å². The number of aryl methyl sites for hydroxylation is 1. The number of nitrogens with two attached hydrogens (primary N) is 1. The van der Waals surface area contributed by atoms with Crippen LogP contribution in [-0.2, 0) is 22.6 Å². The highest BCUT2D eigenvalue weighted by molar-refractivity contribution is 6.00. The van der Waals surface area contributed by atoms with E-state index in [4.69, 9.17) is 5.73 Å². The predicted octanol–water partition coefficient (Wildman–Crippen LogP) is 2.01. The van der Waals surface area contributed by atoms with E-state index in [1.807, 2.05) is 31.2 Å². The van der Waals surface area contributed by atoms with Gasteiger partial charge in [-0.05, 0) is 35.7 Å². The number of benzene rings is 2. The van der Waals surface area contributed by atoms with E-state index in [2.05, 4.69) is 5.32 Å². The van der Waals surface area contributed by atoms with Crippen molar-refractivity contribution in [3.63, 3.8) is 0 Å². The summed E-state index contributed by atoms with van der Waals surface area (Å²) >= 11 is 0. The minimum Gasteiger partial charge on any atom is -0.366 e. The lowest BCUT2D eigenvalue weighted by Gasteiger charge is -2.35. The van der Waals surface area contributed by atoms with E-state index < -0.39 is 11.9 Å². The number of nitrogens with one attached hydrogen (secondary N) is 1. The molecule has 0 saturated heterocycles. The molecular weight excluding hydrogens is 330 g/mol. The van der Waals surface area contributed by atoms with Gasteiger partial charge in [0, 0.05) is 31.1 Å². The molecule has 2 aromatic rings. The van der Waals surface area contributed by atoms with Crippen molar-refractivity contribution >= 4 is 23.4 Å². The van der Waals surface area contributed by atoms with Crippen LogP contribution in [0.5, 0.6) is 0 Å². The summed E-state index contributed by atoms with van der Waals surface area (Å²) in [5.41, 5.74) is 9.09. The Labute approximate surface area is 152 Å². The van der Waals surface area contributed by atoms with E-state index in [9.17, 15) is 14.4 Å². The largest absolute Gasteiger partial charge is 0.366 e. The van der Waals surface area contributed by atoms with Crippen LogP contribution in [0.1, 0.15) is 34.0 Å². The lowest BCUT2D eigenvalue weighted by atomic mass is 9.93. The van der Waals surface area contributed by atoms with E-state index >= 15 is 0 Å². The first-order valence-corrected chi connectivity index (χ1v) is 8.42. The Morgan fingerprint density at radius 1 is 1.12 bits per heavy atom. The van der Waals surface area contributed by atoms with Crippen LogP contribution >= 0.6 is 0 Å². The van der Waals surface area contributed by atoms with E-state index in [1.54, 1.807) is 23.1 Å². The highest BCUT2D eigenvalue weighted by atomic mass is 16.2. The summed E-state index contributed by atoms with van der Waals surface area (Å²) in [5.74, 6) is -0.987. The Hall–Kier alpha value is -3.15. The van der Waals surface area contributed by atoms with Crippen molar-refractivity contribution in [3.8, 4) is 0 Å². The Bertz CT molecular complexity index is 892. The Morgan fingerprint density at radius 2 is 1.81 bits per heavy atom. The van der Waals surface area contributed by atoms with Crippen LogP contribution in [0.25, 0.3) is 0 Å². The number of amides is 3. The third-order valence-corrected chi connectivity index (χ3v) is 4.74. The van der Waals surface area contributed by atoms with Gasteiger partial charge >= 0.3 is 0 Å². The fraction of sp³-hybridized carbons (Fsp3) is 0.250. The van der Waals surface area contributed by atoms with Gasteiger partial charge in [0.15, 0.2) is 0 Å². The molecule has 3 N–H and O–H groups in total. The summed E-state index contributed by atoms with van der Waals surface area (Å²) in [7, 11) is 0. The molecule has 1 aliphatic rings. The van der Waals surface area contributed by atoms with Crippen LogP contribution in [0.3, 0.4) is 0 Å². The van der Waals surface area contributed by atoms with Crippen molar-refractivity contribution in [1.29, 1.82) is 0 Å². The van der Waals surface area contributed by atoms with Crippen molar-refractivity contribution < 1.29 is 14.4 Å². The maximum atomic E-state index is 12.9. The molecule has 1 atom stereocenters. The van der Waals surface area contributed by atoms with Gasteiger partial charge in [-0.1, -0.05) is 30.3 Å². The summed E-state index contributed by atoms with van der Waals surface area (Å²) in [6.07, 6.45) is 0.455. The molecule has 6 heteroatoms. The number of hydrogen-bond donors (Lipinski definition) is 2. The number of rotatable bonds is 3. The fourth-order valence-corrected chi connectivity index (χ4v) is 3.21. The molecule has 134 valence electrons. The molecule has 2 aromatic carbocycles. The van der Waals surface area contributed by atoms with Crippen LogP contribution in [0.4, 0.5) is 5.69 Å². The van der Waals surface area contributed by atoms with E-state index in [0.29, 0.717) is 24.2 Å². The SMILES string of the molecule is CC(=O)N1Cc2ccccc2CC1C(=O)Nc1cc(C(N)=O)ccc1C. The predicted molar refractivity (Wildman–Crippen MR) is 98.5 cm³/mol. The van der Waals surface area contributed by atoms with Gasteiger partial charge in [0.2, 0.25) is 17.7 Å². The summed E-state index contributed by atoms with van der Waals surface area (Å²) in [4.78, 5) is 37.9. The number of hydrogen-bond acceptors (Lipinski definition) is 3. The molecule has 0 bridgehead atoms. The van der Waals surface area contributed by atoms with Gasteiger partial charge in [-0.25, -0.2) is 0 Å². The highest BCUT2D eigenvalue weighted by Gasteiger charge is 2.33. The molecule has 0 aliphatic carbocycles. The van der Waals surface area contributed by atoms with Crippen LogP contribution in [-0.4, -0.2) is 28.7 Å². The van der Waals surface area contributed by atoms with Gasteiger partial charge in [-0.2, -0.15) is 0 Å². The first-order chi connectivity index (χ1) is 12.4. The number of fused-ring (bicyclic) bond motifs is 1. The van der Waals surface area contributed by atoms with E-state index in [1.165, 1.54) is 6.92 Å². The van der Waals surface area contributed by atoms with Crippen molar-refractivity contribution in [1.82, 2.24) is 4.90 Å². The number of primary amides is 1. The molecule has 1 aliphatic heterocycles. The Kier molecular flexibility index (Phi) is 4.75. The summed E-state index contributed by atoms with van der Waals surface area (Å²) in [5, 5.41) is 2.85. The lowest BCUT2D eigenvalue weighted by molar-refractivity contribution is -0.138. The molecule has 0 radical (unpaired) electrons. The molecule has 1 heterocycles. The third kappa shape index (κ3) is 3.44. The molecule has 3 amide bonds. The van der Waals surface area contributed by atoms with Crippen LogP contribution in [0.2, 0.25) is 0 Å². The number of carbonyl (C=O) groups excluding carboxylic acids is 3. The minimum atomic E-state index is -0.598. The molecule has 0 fully saturated rings. The average Bonchev–Trinajstić information content (AvgIpc) is 2.62. The van der Waals surface area contributed by atoms with Crippen molar-refractivity contribution in [3.05, 3.63) is 64.7 Å². The fourth-order valence-electron chi connectivity index (χ4n) is 3.21. The molecule has 3 rings (SSSR count). The average molecular weight is 351 g/mol. The van der Waals surface area contributed by atoms with Gasteiger partial charge in [0.1, 0.15) is 6.04 Å². The van der Waals surface area contributed by atoms with Gasteiger partial charge in [-0.3, -0.25) is 14.4 Å². The first-order valence-electron chi connectivity index (χ1n) is 8.42. The smallest absolute Gasteiger partial charge is 0.248 e. The summed E-state index contributed by atoms with van der Waals surface area (Å²) in [6.45, 7) is 3.70.